The van der Waals surface area contributed by atoms with Crippen LogP contribution in [0, 0.1) is 5.92 Å². The predicted octanol–water partition coefficient (Wildman–Crippen LogP) is 1.53. The molecule has 88 valence electrons. The fourth-order valence-electron chi connectivity index (χ4n) is 2.16. The molecule has 2 atom stereocenters. The van der Waals surface area contributed by atoms with Crippen LogP contribution in [-0.2, 0) is 11.2 Å². The minimum atomic E-state index is 0.151. The maximum Gasteiger partial charge on any atom is 0.223 e. The molecule has 0 bridgehead atoms. The van der Waals surface area contributed by atoms with Crippen LogP contribution in [0.5, 0.6) is 0 Å². The zero-order chi connectivity index (χ0) is 11.4. The number of amides is 1. The molecule has 0 radical (unpaired) electrons. The summed E-state index contributed by atoms with van der Waals surface area (Å²) in [5, 5.41) is 5.06. The van der Waals surface area contributed by atoms with Crippen LogP contribution in [0.15, 0.2) is 17.5 Å². The van der Waals surface area contributed by atoms with Crippen LogP contribution < -0.4 is 11.1 Å². The highest BCUT2D eigenvalue weighted by Crippen LogP contribution is 2.23. The standard InChI is InChI=1S/C12H18N2OS/c13-10-4-3-9(8-10)12(15)14-6-5-11-2-1-7-16-11/h1-2,7,9-10H,3-6,8,13H2,(H,14,15). The van der Waals surface area contributed by atoms with E-state index in [9.17, 15) is 4.79 Å². The minimum absolute atomic E-state index is 0.151. The third-order valence-corrected chi connectivity index (χ3v) is 4.03. The monoisotopic (exact) mass is 238 g/mol. The van der Waals surface area contributed by atoms with E-state index in [0.717, 1.165) is 32.2 Å². The second-order valence-electron chi connectivity index (χ2n) is 4.39. The van der Waals surface area contributed by atoms with Crippen LogP contribution in [0.3, 0.4) is 0 Å². The number of hydrogen-bond acceptors (Lipinski definition) is 3. The average Bonchev–Trinajstić information content (AvgIpc) is 2.89. The van der Waals surface area contributed by atoms with E-state index >= 15 is 0 Å². The van der Waals surface area contributed by atoms with Crippen molar-refractivity contribution < 1.29 is 4.79 Å². The highest BCUT2D eigenvalue weighted by atomic mass is 32.1. The van der Waals surface area contributed by atoms with Crippen LogP contribution in [-0.4, -0.2) is 18.5 Å². The zero-order valence-electron chi connectivity index (χ0n) is 9.32. The molecule has 2 unspecified atom stereocenters. The van der Waals surface area contributed by atoms with Crippen molar-refractivity contribution in [2.75, 3.05) is 6.54 Å². The van der Waals surface area contributed by atoms with E-state index < -0.39 is 0 Å². The topological polar surface area (TPSA) is 55.1 Å². The largest absolute Gasteiger partial charge is 0.356 e. The molecule has 1 aliphatic carbocycles. The Morgan fingerprint density at radius 3 is 3.06 bits per heavy atom. The molecule has 0 saturated heterocycles. The molecule has 1 aliphatic rings. The Balaban J connectivity index is 1.68. The first kappa shape index (κ1) is 11.6. The lowest BCUT2D eigenvalue weighted by molar-refractivity contribution is -0.124. The van der Waals surface area contributed by atoms with E-state index in [-0.39, 0.29) is 17.9 Å². The van der Waals surface area contributed by atoms with E-state index in [0.29, 0.717) is 0 Å². The first-order chi connectivity index (χ1) is 7.75. The number of thiophene rings is 1. The maximum absolute atomic E-state index is 11.8. The van der Waals surface area contributed by atoms with Gasteiger partial charge < -0.3 is 11.1 Å². The van der Waals surface area contributed by atoms with Crippen LogP contribution in [0.4, 0.5) is 0 Å². The summed E-state index contributed by atoms with van der Waals surface area (Å²) in [5.74, 6) is 0.336. The Labute approximate surface area is 100 Å². The second kappa shape index (κ2) is 5.46. The molecular formula is C12H18N2OS. The highest BCUT2D eigenvalue weighted by molar-refractivity contribution is 7.09. The van der Waals surface area contributed by atoms with Crippen molar-refractivity contribution in [2.24, 2.45) is 11.7 Å². The van der Waals surface area contributed by atoms with Gasteiger partial charge in [-0.3, -0.25) is 4.79 Å². The molecule has 3 nitrogen and oxygen atoms in total. The quantitative estimate of drug-likeness (QED) is 0.836. The van der Waals surface area contributed by atoms with Gasteiger partial charge in [0, 0.05) is 23.4 Å². The van der Waals surface area contributed by atoms with Crippen LogP contribution in [0.25, 0.3) is 0 Å². The summed E-state index contributed by atoms with van der Waals surface area (Å²) in [6.45, 7) is 0.741. The summed E-state index contributed by atoms with van der Waals surface area (Å²) in [6, 6.07) is 4.37. The van der Waals surface area contributed by atoms with E-state index in [4.69, 9.17) is 5.73 Å². The van der Waals surface area contributed by atoms with Crippen LogP contribution >= 0.6 is 11.3 Å². The van der Waals surface area contributed by atoms with E-state index in [1.54, 1.807) is 11.3 Å². The lowest BCUT2D eigenvalue weighted by atomic mass is 10.1. The van der Waals surface area contributed by atoms with Gasteiger partial charge in [-0.05, 0) is 37.1 Å². The van der Waals surface area contributed by atoms with Crippen molar-refractivity contribution in [3.63, 3.8) is 0 Å². The number of hydrogen-bond donors (Lipinski definition) is 2. The van der Waals surface area contributed by atoms with Gasteiger partial charge in [-0.2, -0.15) is 0 Å². The van der Waals surface area contributed by atoms with Gasteiger partial charge in [0.15, 0.2) is 0 Å². The van der Waals surface area contributed by atoms with Crippen LogP contribution in [0.1, 0.15) is 24.1 Å². The van der Waals surface area contributed by atoms with Gasteiger partial charge in [0.25, 0.3) is 0 Å². The third kappa shape index (κ3) is 3.06. The summed E-state index contributed by atoms with van der Waals surface area (Å²) in [4.78, 5) is 13.1. The van der Waals surface area contributed by atoms with E-state index in [1.165, 1.54) is 4.88 Å². The highest BCUT2D eigenvalue weighted by Gasteiger charge is 2.27. The molecular weight excluding hydrogens is 220 g/mol. The normalized spacial score (nSPS) is 24.6. The van der Waals surface area contributed by atoms with Gasteiger partial charge in [-0.1, -0.05) is 6.07 Å². The van der Waals surface area contributed by atoms with Gasteiger partial charge in [0.1, 0.15) is 0 Å². The van der Waals surface area contributed by atoms with Gasteiger partial charge in [0.05, 0.1) is 0 Å². The van der Waals surface area contributed by atoms with E-state index in [2.05, 4.69) is 16.8 Å². The molecule has 4 heteroatoms. The minimum Gasteiger partial charge on any atom is -0.356 e. The van der Waals surface area contributed by atoms with Crippen LogP contribution in [0.2, 0.25) is 0 Å². The van der Waals surface area contributed by atoms with E-state index in [1.807, 2.05) is 6.07 Å². The maximum atomic E-state index is 11.8. The van der Waals surface area contributed by atoms with Crippen molar-refractivity contribution in [1.29, 1.82) is 0 Å². The Hall–Kier alpha value is -0.870. The van der Waals surface area contributed by atoms with Crippen molar-refractivity contribution in [3.8, 4) is 0 Å². The molecule has 0 spiro atoms. The fourth-order valence-corrected chi connectivity index (χ4v) is 2.87. The SMILES string of the molecule is NC1CCC(C(=O)NCCc2cccs2)C1. The molecule has 1 heterocycles. The lowest BCUT2D eigenvalue weighted by Crippen LogP contribution is -2.31. The number of carbonyl (C=O) groups excluding carboxylic acids is 1. The second-order valence-corrected chi connectivity index (χ2v) is 5.42. The molecule has 1 aromatic rings. The van der Waals surface area contributed by atoms with Crippen molar-refractivity contribution in [1.82, 2.24) is 5.32 Å². The first-order valence-electron chi connectivity index (χ1n) is 5.81. The molecule has 2 rings (SSSR count). The average molecular weight is 238 g/mol. The smallest absolute Gasteiger partial charge is 0.223 e. The molecule has 1 fully saturated rings. The summed E-state index contributed by atoms with van der Waals surface area (Å²) in [6.07, 6.45) is 3.72. The Kier molecular flexibility index (Phi) is 3.96. The lowest BCUT2D eigenvalue weighted by Gasteiger charge is -2.10. The predicted molar refractivity (Wildman–Crippen MR) is 66.3 cm³/mol. The van der Waals surface area contributed by atoms with Gasteiger partial charge in [-0.15, -0.1) is 11.3 Å². The molecule has 0 aromatic carbocycles. The van der Waals surface area contributed by atoms with Gasteiger partial charge in [0.2, 0.25) is 5.91 Å². The molecule has 3 N–H and O–H groups in total. The summed E-state index contributed by atoms with van der Waals surface area (Å²) in [5.41, 5.74) is 5.79. The first-order valence-corrected chi connectivity index (χ1v) is 6.69. The molecule has 1 amide bonds. The van der Waals surface area contributed by atoms with Crippen molar-refractivity contribution >= 4 is 17.2 Å². The summed E-state index contributed by atoms with van der Waals surface area (Å²) >= 11 is 1.74. The molecule has 0 aliphatic heterocycles. The number of nitrogens with one attached hydrogen (secondary N) is 1. The number of nitrogens with two attached hydrogens (primary N) is 1. The third-order valence-electron chi connectivity index (χ3n) is 3.09. The Morgan fingerprint density at radius 1 is 1.56 bits per heavy atom. The Morgan fingerprint density at radius 2 is 2.44 bits per heavy atom. The number of carbonyl (C=O) groups is 1. The zero-order valence-corrected chi connectivity index (χ0v) is 10.1. The summed E-state index contributed by atoms with van der Waals surface area (Å²) in [7, 11) is 0. The fraction of sp³-hybridized carbons (Fsp3) is 0.583. The van der Waals surface area contributed by atoms with Gasteiger partial charge in [-0.25, -0.2) is 0 Å². The van der Waals surface area contributed by atoms with Crippen molar-refractivity contribution in [2.45, 2.75) is 31.7 Å². The van der Waals surface area contributed by atoms with Crippen molar-refractivity contribution in [3.05, 3.63) is 22.4 Å². The van der Waals surface area contributed by atoms with Gasteiger partial charge >= 0.3 is 0 Å². The molecule has 1 saturated carbocycles. The Bertz CT molecular complexity index is 337. The molecule has 16 heavy (non-hydrogen) atoms. The number of rotatable bonds is 4. The molecule has 1 aromatic heterocycles. The summed E-state index contributed by atoms with van der Waals surface area (Å²) < 4.78 is 0.